The van der Waals surface area contributed by atoms with Crippen LogP contribution in [0, 0.1) is 17.8 Å². The van der Waals surface area contributed by atoms with Crippen LogP contribution in [0.15, 0.2) is 53.6 Å². The fourth-order valence-corrected chi connectivity index (χ4v) is 4.08. The minimum Gasteiger partial charge on any atom is -0.462 e. The maximum absolute atomic E-state index is 12.5. The number of hydrogen-bond acceptors (Lipinski definition) is 5. The number of fused-ring (bicyclic) bond motifs is 1. The maximum atomic E-state index is 12.5. The molecule has 1 aliphatic carbocycles. The number of hydrogen-bond donors (Lipinski definition) is 1. The number of aliphatic hydroxyl groups is 1. The zero-order valence-corrected chi connectivity index (χ0v) is 17.4. The number of rotatable bonds is 7. The lowest BCUT2D eigenvalue weighted by molar-refractivity contribution is -0.141. The van der Waals surface area contributed by atoms with E-state index in [1.54, 1.807) is 37.3 Å². The van der Waals surface area contributed by atoms with Gasteiger partial charge in [-0.2, -0.15) is 0 Å². The quantitative estimate of drug-likeness (QED) is 0.529. The van der Waals surface area contributed by atoms with Gasteiger partial charge in [-0.25, -0.2) is 4.79 Å². The minimum absolute atomic E-state index is 0.0103. The summed E-state index contributed by atoms with van der Waals surface area (Å²) in [6.45, 7) is 3.75. The molecule has 3 rings (SSSR count). The third-order valence-corrected chi connectivity index (χ3v) is 5.86. The maximum Gasteiger partial charge on any atom is 0.338 e. The SMILES string of the molecule is CC(Cl)=CCC(C)[C@H](O)C=C[C@@H]1[C@H]2CC(=O)O[C@H]2C[C@H]1OC(=O)c1ccccc1. The first-order chi connectivity index (χ1) is 13.8. The van der Waals surface area contributed by atoms with Crippen LogP contribution >= 0.6 is 11.6 Å². The van der Waals surface area contributed by atoms with Gasteiger partial charge in [0.2, 0.25) is 0 Å². The van der Waals surface area contributed by atoms with Crippen LogP contribution in [0.1, 0.15) is 43.5 Å². The molecule has 2 aliphatic rings. The van der Waals surface area contributed by atoms with Gasteiger partial charge >= 0.3 is 11.9 Å². The average Bonchev–Trinajstić information content (AvgIpc) is 3.20. The fourth-order valence-electron chi connectivity index (χ4n) is 3.99. The molecule has 1 saturated carbocycles. The van der Waals surface area contributed by atoms with Crippen LogP contribution in [-0.4, -0.2) is 35.4 Å². The van der Waals surface area contributed by atoms with Crippen LogP contribution in [0.3, 0.4) is 0 Å². The van der Waals surface area contributed by atoms with E-state index in [4.69, 9.17) is 21.1 Å². The van der Waals surface area contributed by atoms with Gasteiger partial charge in [0, 0.05) is 23.3 Å². The highest BCUT2D eigenvalue weighted by Crippen LogP contribution is 2.43. The normalized spacial score (nSPS) is 28.8. The second-order valence-electron chi connectivity index (χ2n) is 7.90. The summed E-state index contributed by atoms with van der Waals surface area (Å²) in [5.41, 5.74) is 0.487. The lowest BCUT2D eigenvalue weighted by Crippen LogP contribution is -2.25. The van der Waals surface area contributed by atoms with Crippen LogP contribution < -0.4 is 0 Å². The zero-order chi connectivity index (χ0) is 21.0. The van der Waals surface area contributed by atoms with Gasteiger partial charge in [0.25, 0.3) is 0 Å². The molecule has 29 heavy (non-hydrogen) atoms. The van der Waals surface area contributed by atoms with Gasteiger partial charge < -0.3 is 14.6 Å². The Hall–Kier alpha value is -2.11. The molecule has 0 bridgehead atoms. The largest absolute Gasteiger partial charge is 0.462 e. The average molecular weight is 419 g/mol. The first-order valence-corrected chi connectivity index (χ1v) is 10.4. The highest BCUT2D eigenvalue weighted by Gasteiger charge is 2.50. The van der Waals surface area contributed by atoms with Crippen molar-refractivity contribution in [2.24, 2.45) is 17.8 Å². The van der Waals surface area contributed by atoms with Gasteiger partial charge in [0.1, 0.15) is 12.2 Å². The van der Waals surface area contributed by atoms with E-state index in [2.05, 4.69) is 0 Å². The molecular weight excluding hydrogens is 392 g/mol. The minimum atomic E-state index is -0.662. The van der Waals surface area contributed by atoms with Gasteiger partial charge in [-0.15, -0.1) is 0 Å². The molecule has 1 aliphatic heterocycles. The second-order valence-corrected chi connectivity index (χ2v) is 8.49. The summed E-state index contributed by atoms with van der Waals surface area (Å²) >= 11 is 5.87. The molecule has 1 aromatic rings. The van der Waals surface area contributed by atoms with Crippen molar-refractivity contribution in [3.8, 4) is 0 Å². The highest BCUT2D eigenvalue weighted by atomic mass is 35.5. The van der Waals surface area contributed by atoms with Gasteiger partial charge in [-0.1, -0.05) is 55.0 Å². The smallest absolute Gasteiger partial charge is 0.338 e. The molecule has 1 aromatic carbocycles. The van der Waals surface area contributed by atoms with Crippen LogP contribution in [0.2, 0.25) is 0 Å². The molecule has 2 fully saturated rings. The third-order valence-electron chi connectivity index (χ3n) is 5.70. The zero-order valence-electron chi connectivity index (χ0n) is 16.7. The molecule has 1 heterocycles. The number of ether oxygens (including phenoxy) is 2. The number of halogens is 1. The molecule has 156 valence electrons. The second kappa shape index (κ2) is 9.59. The van der Waals surface area contributed by atoms with Crippen molar-refractivity contribution in [3.05, 3.63) is 59.2 Å². The Morgan fingerprint density at radius 3 is 2.79 bits per heavy atom. The van der Waals surface area contributed by atoms with E-state index in [1.807, 2.05) is 25.1 Å². The van der Waals surface area contributed by atoms with E-state index >= 15 is 0 Å². The van der Waals surface area contributed by atoms with Crippen LogP contribution in [0.25, 0.3) is 0 Å². The lowest BCUT2D eigenvalue weighted by Gasteiger charge is -2.21. The fraction of sp³-hybridized carbons (Fsp3) is 0.478. The van der Waals surface area contributed by atoms with Crippen LogP contribution in [-0.2, 0) is 14.3 Å². The number of carbonyl (C=O) groups is 2. The summed E-state index contributed by atoms with van der Waals surface area (Å²) in [4.78, 5) is 24.2. The van der Waals surface area contributed by atoms with Crippen molar-refractivity contribution in [1.82, 2.24) is 0 Å². The summed E-state index contributed by atoms with van der Waals surface area (Å²) in [6.07, 6.45) is 5.63. The van der Waals surface area contributed by atoms with E-state index in [9.17, 15) is 14.7 Å². The predicted molar refractivity (Wildman–Crippen MR) is 110 cm³/mol. The first-order valence-electron chi connectivity index (χ1n) is 9.99. The van der Waals surface area contributed by atoms with E-state index in [-0.39, 0.29) is 29.8 Å². The van der Waals surface area contributed by atoms with E-state index in [0.29, 0.717) is 29.9 Å². The Morgan fingerprint density at radius 1 is 1.38 bits per heavy atom. The molecule has 0 radical (unpaired) electrons. The van der Waals surface area contributed by atoms with Gasteiger partial charge in [-0.3, -0.25) is 4.79 Å². The van der Waals surface area contributed by atoms with Crippen LogP contribution in [0.5, 0.6) is 0 Å². The molecule has 0 aromatic heterocycles. The van der Waals surface area contributed by atoms with Crippen molar-refractivity contribution < 1.29 is 24.2 Å². The summed E-state index contributed by atoms with van der Waals surface area (Å²) in [5, 5.41) is 11.2. The van der Waals surface area contributed by atoms with Gasteiger partial charge in [0.15, 0.2) is 0 Å². The Labute approximate surface area is 176 Å². The van der Waals surface area contributed by atoms with Gasteiger partial charge in [0.05, 0.1) is 18.1 Å². The summed E-state index contributed by atoms with van der Waals surface area (Å²) in [5.74, 6) is -0.838. The molecule has 0 spiro atoms. The monoisotopic (exact) mass is 418 g/mol. The molecule has 6 heteroatoms. The molecule has 0 amide bonds. The summed E-state index contributed by atoms with van der Waals surface area (Å²) in [7, 11) is 0. The number of benzene rings is 1. The first kappa shape index (κ1) is 21.6. The standard InChI is InChI=1S/C23H27ClO5/c1-14(8-9-15(2)24)19(25)11-10-17-18-12-22(26)28-21(18)13-20(17)29-23(27)16-6-4-3-5-7-16/h3-7,9-11,14,17-21,25H,8,12-13H2,1-2H3/t14?,17-,18-,19-,20-,21+/m1/s1. The van der Waals surface area contributed by atoms with E-state index < -0.39 is 18.2 Å². The van der Waals surface area contributed by atoms with E-state index in [1.165, 1.54) is 0 Å². The number of carbonyl (C=O) groups excluding carboxylic acids is 2. The topological polar surface area (TPSA) is 72.8 Å². The number of aliphatic hydroxyl groups excluding tert-OH is 1. The van der Waals surface area contributed by atoms with Crippen molar-refractivity contribution in [3.63, 3.8) is 0 Å². The van der Waals surface area contributed by atoms with E-state index in [0.717, 1.165) is 0 Å². The van der Waals surface area contributed by atoms with Gasteiger partial charge in [-0.05, 0) is 31.4 Å². The Bertz CT molecular complexity index is 784. The lowest BCUT2D eigenvalue weighted by atomic mass is 9.90. The predicted octanol–water partition coefficient (Wildman–Crippen LogP) is 4.25. The molecule has 1 saturated heterocycles. The molecule has 1 unspecified atom stereocenters. The summed E-state index contributed by atoms with van der Waals surface area (Å²) in [6, 6.07) is 8.83. The third kappa shape index (κ3) is 5.49. The van der Waals surface area contributed by atoms with Crippen molar-refractivity contribution in [2.75, 3.05) is 0 Å². The molecule has 5 nitrogen and oxygen atoms in total. The number of allylic oxidation sites excluding steroid dienone is 2. The van der Waals surface area contributed by atoms with Crippen LogP contribution in [0.4, 0.5) is 0 Å². The molecule has 1 N–H and O–H groups in total. The number of esters is 2. The highest BCUT2D eigenvalue weighted by molar-refractivity contribution is 6.29. The van der Waals surface area contributed by atoms with Crippen molar-refractivity contribution >= 4 is 23.5 Å². The summed E-state index contributed by atoms with van der Waals surface area (Å²) < 4.78 is 11.2. The Morgan fingerprint density at radius 2 is 2.10 bits per heavy atom. The van der Waals surface area contributed by atoms with Crippen molar-refractivity contribution in [2.45, 2.75) is 51.4 Å². The van der Waals surface area contributed by atoms with Crippen molar-refractivity contribution in [1.29, 1.82) is 0 Å². The molecular formula is C23H27ClO5. The molecule has 6 atom stereocenters. The Balaban J connectivity index is 1.70. The Kier molecular flexibility index (Phi) is 7.14.